The highest BCUT2D eigenvalue weighted by molar-refractivity contribution is 5.90. The zero-order chi connectivity index (χ0) is 8.13. The van der Waals surface area contributed by atoms with Crippen LogP contribution in [0.4, 0.5) is 0 Å². The highest BCUT2D eigenvalue weighted by Gasteiger charge is 2.45. The summed E-state index contributed by atoms with van der Waals surface area (Å²) in [5.41, 5.74) is 1.10. The molecule has 1 aliphatic carbocycles. The molecule has 0 aromatic heterocycles. The van der Waals surface area contributed by atoms with Crippen molar-refractivity contribution in [2.45, 2.75) is 12.8 Å². The zero-order valence-electron chi connectivity index (χ0n) is 7.11. The van der Waals surface area contributed by atoms with Crippen molar-refractivity contribution in [3.05, 3.63) is 0 Å². The minimum Gasteiger partial charge on any atom is -0.411 e. The van der Waals surface area contributed by atoms with Crippen LogP contribution in [0.5, 0.6) is 0 Å². The van der Waals surface area contributed by atoms with E-state index in [1.54, 1.807) is 0 Å². The first kappa shape index (κ1) is 6.89. The van der Waals surface area contributed by atoms with Crippen LogP contribution < -0.4 is 0 Å². The number of nitrogens with zero attached hydrogens (tertiary/aromatic N) is 2. The summed E-state index contributed by atoms with van der Waals surface area (Å²) in [4.78, 5) is 2.53. The maximum Gasteiger partial charge on any atom is 0.0658 e. The smallest absolute Gasteiger partial charge is 0.0658 e. The summed E-state index contributed by atoms with van der Waals surface area (Å²) in [6.07, 6.45) is 2.54. The molecule has 2 unspecified atom stereocenters. The molecule has 4 bridgehead atoms. The maximum absolute atomic E-state index is 8.87. The van der Waals surface area contributed by atoms with E-state index in [0.29, 0.717) is 11.8 Å². The molecular weight excluding hydrogens is 152 g/mol. The molecule has 3 aliphatic heterocycles. The highest BCUT2D eigenvalue weighted by atomic mass is 16.4. The molecule has 4 rings (SSSR count). The molecule has 3 saturated heterocycles. The van der Waals surface area contributed by atoms with Gasteiger partial charge in [0.15, 0.2) is 0 Å². The minimum atomic E-state index is 0.584. The van der Waals surface area contributed by atoms with Gasteiger partial charge in [-0.05, 0) is 18.8 Å². The van der Waals surface area contributed by atoms with Crippen molar-refractivity contribution in [2.24, 2.45) is 22.9 Å². The van der Waals surface area contributed by atoms with E-state index in [1.165, 1.54) is 19.4 Å². The van der Waals surface area contributed by atoms with Gasteiger partial charge in [-0.3, -0.25) is 0 Å². The summed E-state index contributed by atoms with van der Waals surface area (Å²) < 4.78 is 0. The first-order chi connectivity index (χ1) is 5.86. The van der Waals surface area contributed by atoms with Crippen LogP contribution in [0.1, 0.15) is 12.8 Å². The number of rotatable bonds is 0. The first-order valence-electron chi connectivity index (χ1n) is 4.81. The van der Waals surface area contributed by atoms with E-state index in [1.807, 2.05) is 0 Å². The van der Waals surface area contributed by atoms with Gasteiger partial charge in [0, 0.05) is 31.5 Å². The van der Waals surface area contributed by atoms with Crippen LogP contribution >= 0.6 is 0 Å². The molecule has 0 radical (unpaired) electrons. The monoisotopic (exact) mass is 166 g/mol. The molecule has 3 heteroatoms. The molecule has 0 aromatic carbocycles. The van der Waals surface area contributed by atoms with Gasteiger partial charge in [-0.25, -0.2) is 0 Å². The van der Waals surface area contributed by atoms with Gasteiger partial charge in [0.1, 0.15) is 0 Å². The molecule has 0 aromatic rings. The molecule has 66 valence electrons. The Morgan fingerprint density at radius 2 is 1.83 bits per heavy atom. The van der Waals surface area contributed by atoms with Crippen molar-refractivity contribution in [1.82, 2.24) is 4.90 Å². The molecule has 3 nitrogen and oxygen atoms in total. The van der Waals surface area contributed by atoms with Gasteiger partial charge >= 0.3 is 0 Å². The maximum atomic E-state index is 8.87. The highest BCUT2D eigenvalue weighted by Crippen LogP contribution is 2.41. The molecule has 0 spiro atoms. The third-order valence-corrected chi connectivity index (χ3v) is 3.66. The van der Waals surface area contributed by atoms with Gasteiger partial charge in [-0.1, -0.05) is 5.16 Å². The molecular formula is C9H14N2O. The van der Waals surface area contributed by atoms with Crippen molar-refractivity contribution in [3.8, 4) is 0 Å². The lowest BCUT2D eigenvalue weighted by Crippen LogP contribution is -2.58. The molecule has 12 heavy (non-hydrogen) atoms. The second-order valence-electron chi connectivity index (χ2n) is 4.47. The minimum absolute atomic E-state index is 0.584. The second-order valence-corrected chi connectivity index (χ2v) is 4.47. The van der Waals surface area contributed by atoms with Crippen LogP contribution in [0.25, 0.3) is 0 Å². The largest absolute Gasteiger partial charge is 0.411 e. The van der Waals surface area contributed by atoms with E-state index < -0.39 is 0 Å². The summed E-state index contributed by atoms with van der Waals surface area (Å²) in [7, 11) is 0. The van der Waals surface area contributed by atoms with Gasteiger partial charge in [0.2, 0.25) is 0 Å². The molecule has 1 N–H and O–H groups in total. The van der Waals surface area contributed by atoms with Gasteiger partial charge in [0.05, 0.1) is 5.71 Å². The van der Waals surface area contributed by atoms with E-state index in [2.05, 4.69) is 10.1 Å². The summed E-state index contributed by atoms with van der Waals surface area (Å²) in [6.45, 7) is 3.59. The van der Waals surface area contributed by atoms with Gasteiger partial charge < -0.3 is 10.1 Å². The van der Waals surface area contributed by atoms with E-state index in [0.717, 1.165) is 24.7 Å². The molecule has 1 saturated carbocycles. The Morgan fingerprint density at radius 3 is 2.33 bits per heavy atom. The van der Waals surface area contributed by atoms with E-state index in [4.69, 9.17) is 5.21 Å². The normalized spacial score (nSPS) is 53.5. The SMILES string of the molecule is ON=C1[C@@H]2CC3C[C@H]1CN(C3)C2. The lowest BCUT2D eigenvalue weighted by atomic mass is 9.67. The predicted molar refractivity (Wildman–Crippen MR) is 45.4 cm³/mol. The van der Waals surface area contributed by atoms with Crippen molar-refractivity contribution >= 4 is 5.71 Å². The molecule has 4 atom stereocenters. The van der Waals surface area contributed by atoms with Crippen LogP contribution in [0.2, 0.25) is 0 Å². The van der Waals surface area contributed by atoms with E-state index in [9.17, 15) is 0 Å². The Balaban J connectivity index is 1.95. The standard InChI is InChI=1S/C9H14N2O/c12-10-9-7-1-6-2-8(9)5-11(3-6)4-7/h6-8,12H,1-5H2/t6?,7-,8+. The van der Waals surface area contributed by atoms with Gasteiger partial charge in [-0.2, -0.15) is 0 Å². The Morgan fingerprint density at radius 1 is 1.17 bits per heavy atom. The van der Waals surface area contributed by atoms with Crippen LogP contribution in [-0.2, 0) is 0 Å². The van der Waals surface area contributed by atoms with Gasteiger partial charge in [-0.15, -0.1) is 0 Å². The summed E-state index contributed by atoms with van der Waals surface area (Å²) >= 11 is 0. The third-order valence-electron chi connectivity index (χ3n) is 3.66. The van der Waals surface area contributed by atoms with Crippen molar-refractivity contribution in [3.63, 3.8) is 0 Å². The molecule has 3 heterocycles. The first-order valence-corrected chi connectivity index (χ1v) is 4.81. The predicted octanol–water partition coefficient (Wildman–Crippen LogP) is 0.788. The number of oxime groups is 1. The third kappa shape index (κ3) is 0.774. The summed E-state index contributed by atoms with van der Waals surface area (Å²) in [5, 5.41) is 12.3. The van der Waals surface area contributed by atoms with Crippen LogP contribution in [0.15, 0.2) is 5.16 Å². The van der Waals surface area contributed by atoms with Crippen LogP contribution in [0.3, 0.4) is 0 Å². The Hall–Kier alpha value is -0.570. The fourth-order valence-corrected chi connectivity index (χ4v) is 3.34. The van der Waals surface area contributed by atoms with E-state index >= 15 is 0 Å². The van der Waals surface area contributed by atoms with Crippen LogP contribution in [-0.4, -0.2) is 35.5 Å². The lowest BCUT2D eigenvalue weighted by Gasteiger charge is -2.51. The average Bonchev–Trinajstić information content (AvgIpc) is 2.02. The fourth-order valence-electron chi connectivity index (χ4n) is 3.34. The number of hydrogen-bond donors (Lipinski definition) is 1. The molecule has 0 amide bonds. The topological polar surface area (TPSA) is 35.8 Å². The lowest BCUT2D eigenvalue weighted by molar-refractivity contribution is 0.0534. The van der Waals surface area contributed by atoms with Crippen molar-refractivity contribution < 1.29 is 5.21 Å². The quantitative estimate of drug-likeness (QED) is 0.426. The Bertz CT molecular complexity index is 207. The zero-order valence-corrected chi connectivity index (χ0v) is 7.11. The fraction of sp³-hybridized carbons (Fsp3) is 0.889. The second kappa shape index (κ2) is 2.22. The summed E-state index contributed by atoms with van der Waals surface area (Å²) in [5.74, 6) is 2.07. The van der Waals surface area contributed by atoms with Gasteiger partial charge in [0.25, 0.3) is 0 Å². The average molecular weight is 166 g/mol. The van der Waals surface area contributed by atoms with Crippen LogP contribution in [0, 0.1) is 17.8 Å². The molecule has 4 fully saturated rings. The molecule has 4 aliphatic rings. The number of piperidine rings is 3. The van der Waals surface area contributed by atoms with E-state index in [-0.39, 0.29) is 0 Å². The Labute approximate surface area is 72.0 Å². The van der Waals surface area contributed by atoms with Crippen molar-refractivity contribution in [2.75, 3.05) is 19.6 Å². The number of hydrogen-bond acceptors (Lipinski definition) is 3. The Kier molecular flexibility index (Phi) is 1.28. The van der Waals surface area contributed by atoms with Crippen molar-refractivity contribution in [1.29, 1.82) is 0 Å². The summed E-state index contributed by atoms with van der Waals surface area (Å²) in [6, 6.07) is 0.